The zero-order chi connectivity index (χ0) is 15.5. The molecule has 3 rings (SSSR count). The number of nitrogens with two attached hydrogens (primary N) is 1. The lowest BCUT2D eigenvalue weighted by molar-refractivity contribution is 0.0487. The molecule has 118 valence electrons. The van der Waals surface area contributed by atoms with E-state index in [9.17, 15) is 4.79 Å². The average Bonchev–Trinajstić information content (AvgIpc) is 3.26. The van der Waals surface area contributed by atoms with Gasteiger partial charge in [-0.3, -0.25) is 0 Å². The molecule has 22 heavy (non-hydrogen) atoms. The van der Waals surface area contributed by atoms with Gasteiger partial charge >= 0.3 is 5.97 Å². The lowest BCUT2D eigenvalue weighted by Crippen LogP contribution is -2.11. The van der Waals surface area contributed by atoms with Crippen molar-refractivity contribution in [3.05, 3.63) is 18.0 Å². The molecule has 0 radical (unpaired) electrons. The van der Waals surface area contributed by atoms with Crippen LogP contribution >= 0.6 is 0 Å². The number of unbranched alkanes of at least 4 members (excludes halogenated alkanes) is 2. The Bertz CT molecular complexity index is 676. The van der Waals surface area contributed by atoms with Gasteiger partial charge in [0.1, 0.15) is 5.56 Å². The summed E-state index contributed by atoms with van der Waals surface area (Å²) < 4.78 is 7.13. The van der Waals surface area contributed by atoms with E-state index in [0.717, 1.165) is 49.7 Å². The van der Waals surface area contributed by atoms with Crippen LogP contribution in [0.2, 0.25) is 0 Å². The van der Waals surface area contributed by atoms with Crippen LogP contribution in [0, 0.1) is 5.92 Å². The van der Waals surface area contributed by atoms with E-state index in [-0.39, 0.29) is 0 Å². The van der Waals surface area contributed by atoms with E-state index in [0.29, 0.717) is 23.8 Å². The highest BCUT2D eigenvalue weighted by atomic mass is 16.5. The molecule has 0 bridgehead atoms. The molecule has 0 atom stereocenters. The zero-order valence-corrected chi connectivity index (χ0v) is 12.9. The molecule has 2 heterocycles. The highest BCUT2D eigenvalue weighted by Gasteiger charge is 2.24. The second-order valence-electron chi connectivity index (χ2n) is 5.94. The van der Waals surface area contributed by atoms with Crippen LogP contribution in [0.5, 0.6) is 0 Å². The fourth-order valence-corrected chi connectivity index (χ4v) is 2.44. The molecule has 2 aromatic heterocycles. The van der Waals surface area contributed by atoms with Crippen LogP contribution in [0.3, 0.4) is 0 Å². The van der Waals surface area contributed by atoms with Crippen molar-refractivity contribution in [1.29, 1.82) is 0 Å². The Labute approximate surface area is 129 Å². The monoisotopic (exact) mass is 302 g/mol. The number of pyridine rings is 1. The molecule has 6 heteroatoms. The van der Waals surface area contributed by atoms with Crippen molar-refractivity contribution in [3.63, 3.8) is 0 Å². The van der Waals surface area contributed by atoms with Crippen molar-refractivity contribution in [2.24, 2.45) is 5.92 Å². The largest absolute Gasteiger partial charge is 0.462 e. The van der Waals surface area contributed by atoms with Gasteiger partial charge in [-0.1, -0.05) is 19.8 Å². The summed E-state index contributed by atoms with van der Waals surface area (Å²) in [6.07, 6.45) is 8.84. The molecule has 0 unspecified atom stereocenters. The van der Waals surface area contributed by atoms with Crippen LogP contribution in [-0.2, 0) is 11.3 Å². The molecular formula is C16H22N4O2. The van der Waals surface area contributed by atoms with Crippen molar-refractivity contribution in [2.45, 2.75) is 45.6 Å². The van der Waals surface area contributed by atoms with E-state index in [1.54, 1.807) is 6.20 Å². The first-order valence-electron chi connectivity index (χ1n) is 7.97. The number of carbonyl (C=O) groups excluding carboxylic acids is 1. The lowest BCUT2D eigenvalue weighted by atomic mass is 10.2. The van der Waals surface area contributed by atoms with Crippen molar-refractivity contribution in [2.75, 3.05) is 12.3 Å². The molecule has 0 amide bonds. The minimum absolute atomic E-state index is 0.334. The van der Waals surface area contributed by atoms with E-state index in [1.165, 1.54) is 6.20 Å². The minimum atomic E-state index is -0.391. The number of carbonyl (C=O) groups is 1. The Hall–Kier alpha value is -2.11. The van der Waals surface area contributed by atoms with Gasteiger partial charge in [0.15, 0.2) is 5.65 Å². The summed E-state index contributed by atoms with van der Waals surface area (Å²) in [5, 5.41) is 5.05. The van der Waals surface area contributed by atoms with Gasteiger partial charge in [-0.05, 0) is 25.2 Å². The Kier molecular flexibility index (Phi) is 4.27. The van der Waals surface area contributed by atoms with E-state index >= 15 is 0 Å². The molecule has 0 aliphatic heterocycles. The van der Waals surface area contributed by atoms with Gasteiger partial charge in [0.05, 0.1) is 23.9 Å². The number of esters is 1. The summed E-state index contributed by atoms with van der Waals surface area (Å²) in [6, 6.07) is 0. The minimum Gasteiger partial charge on any atom is -0.462 e. The summed E-state index contributed by atoms with van der Waals surface area (Å²) in [6.45, 7) is 3.46. The van der Waals surface area contributed by atoms with Crippen LogP contribution < -0.4 is 5.73 Å². The fraction of sp³-hybridized carbons (Fsp3) is 0.562. The Morgan fingerprint density at radius 2 is 2.23 bits per heavy atom. The first-order chi connectivity index (χ1) is 10.7. The van der Waals surface area contributed by atoms with Crippen molar-refractivity contribution in [3.8, 4) is 0 Å². The molecule has 2 N–H and O–H groups in total. The molecule has 6 nitrogen and oxygen atoms in total. The normalized spacial score (nSPS) is 14.4. The van der Waals surface area contributed by atoms with Gasteiger partial charge in [-0.2, -0.15) is 5.10 Å². The molecular weight excluding hydrogens is 280 g/mol. The third-order valence-corrected chi connectivity index (χ3v) is 4.05. The number of rotatable bonds is 7. The average molecular weight is 302 g/mol. The summed E-state index contributed by atoms with van der Waals surface area (Å²) in [5.74, 6) is 0.140. The second kappa shape index (κ2) is 6.34. The van der Waals surface area contributed by atoms with Crippen molar-refractivity contribution in [1.82, 2.24) is 14.8 Å². The van der Waals surface area contributed by atoms with Crippen LogP contribution in [-0.4, -0.2) is 27.3 Å². The maximum Gasteiger partial charge on any atom is 0.341 e. The van der Waals surface area contributed by atoms with Gasteiger partial charge in [0, 0.05) is 12.7 Å². The number of nitrogen functional groups attached to an aromatic ring is 1. The summed E-state index contributed by atoms with van der Waals surface area (Å²) >= 11 is 0. The van der Waals surface area contributed by atoms with Gasteiger partial charge in [0.2, 0.25) is 0 Å². The Morgan fingerprint density at radius 3 is 2.95 bits per heavy atom. The molecule has 1 aliphatic carbocycles. The molecule has 1 fully saturated rings. The van der Waals surface area contributed by atoms with E-state index in [4.69, 9.17) is 10.5 Å². The van der Waals surface area contributed by atoms with Crippen LogP contribution in [0.25, 0.3) is 11.0 Å². The lowest BCUT2D eigenvalue weighted by Gasteiger charge is -2.07. The van der Waals surface area contributed by atoms with Crippen molar-refractivity contribution < 1.29 is 9.53 Å². The van der Waals surface area contributed by atoms with Gasteiger partial charge < -0.3 is 10.5 Å². The van der Waals surface area contributed by atoms with Crippen LogP contribution in [0.15, 0.2) is 12.4 Å². The van der Waals surface area contributed by atoms with Gasteiger partial charge in [0.25, 0.3) is 0 Å². The summed E-state index contributed by atoms with van der Waals surface area (Å²) in [4.78, 5) is 16.5. The predicted molar refractivity (Wildman–Crippen MR) is 84.5 cm³/mol. The number of fused-ring (bicyclic) bond motifs is 1. The summed E-state index contributed by atoms with van der Waals surface area (Å²) in [7, 11) is 0. The predicted octanol–water partition coefficient (Wildman–Crippen LogP) is 2.77. The first kappa shape index (κ1) is 14.8. The van der Waals surface area contributed by atoms with E-state index < -0.39 is 5.97 Å². The fourth-order valence-electron chi connectivity index (χ4n) is 2.44. The third kappa shape index (κ3) is 3.05. The molecule has 0 spiro atoms. The molecule has 0 aromatic carbocycles. The number of hydrogen-bond acceptors (Lipinski definition) is 5. The Morgan fingerprint density at radius 1 is 1.41 bits per heavy atom. The molecule has 1 aliphatic rings. The number of ether oxygens (including phenoxy) is 1. The standard InChI is InChI=1S/C16H22N4O2/c1-2-3-4-7-20-15-12(9-19-20)14(17)13(8-18-15)16(21)22-10-11-5-6-11/h8-9,11H,2-7,10H2,1H3,(H2,17,18). The number of aromatic nitrogens is 3. The SMILES string of the molecule is CCCCCn1ncc2c(N)c(C(=O)OCC3CC3)cnc21. The maximum atomic E-state index is 12.1. The quantitative estimate of drug-likeness (QED) is 0.628. The molecule has 0 saturated heterocycles. The highest BCUT2D eigenvalue weighted by molar-refractivity contribution is 6.03. The van der Waals surface area contributed by atoms with Crippen molar-refractivity contribution >= 4 is 22.7 Å². The second-order valence-corrected chi connectivity index (χ2v) is 5.94. The molecule has 2 aromatic rings. The number of aryl methyl sites for hydroxylation is 1. The smallest absolute Gasteiger partial charge is 0.341 e. The number of hydrogen-bond donors (Lipinski definition) is 1. The highest BCUT2D eigenvalue weighted by Crippen LogP contribution is 2.30. The third-order valence-electron chi connectivity index (χ3n) is 4.05. The topological polar surface area (TPSA) is 83.0 Å². The van der Waals surface area contributed by atoms with E-state index in [1.807, 2.05) is 4.68 Å². The van der Waals surface area contributed by atoms with Crippen LogP contribution in [0.4, 0.5) is 5.69 Å². The first-order valence-corrected chi connectivity index (χ1v) is 7.97. The Balaban J connectivity index is 1.78. The van der Waals surface area contributed by atoms with Gasteiger partial charge in [-0.15, -0.1) is 0 Å². The zero-order valence-electron chi connectivity index (χ0n) is 12.9. The number of nitrogens with zero attached hydrogens (tertiary/aromatic N) is 3. The maximum absolute atomic E-state index is 12.1. The van der Waals surface area contributed by atoms with Crippen LogP contribution in [0.1, 0.15) is 49.4 Å². The molecule has 1 saturated carbocycles. The number of anilines is 1. The summed E-state index contributed by atoms with van der Waals surface area (Å²) in [5.41, 5.74) is 7.59. The van der Waals surface area contributed by atoms with E-state index in [2.05, 4.69) is 17.0 Å². The van der Waals surface area contributed by atoms with Gasteiger partial charge in [-0.25, -0.2) is 14.5 Å².